The highest BCUT2D eigenvalue weighted by Gasteiger charge is 2.10. The summed E-state index contributed by atoms with van der Waals surface area (Å²) in [5.41, 5.74) is 3.65. The highest BCUT2D eigenvalue weighted by Crippen LogP contribution is 2.30. The zero-order chi connectivity index (χ0) is 18.8. The Morgan fingerprint density at radius 2 is 2.07 bits per heavy atom. The van der Waals surface area contributed by atoms with Crippen LogP contribution in [0.2, 0.25) is 0 Å². The Bertz CT molecular complexity index is 1130. The van der Waals surface area contributed by atoms with Crippen molar-refractivity contribution in [3.63, 3.8) is 0 Å². The van der Waals surface area contributed by atoms with Crippen LogP contribution in [0.4, 0.5) is 11.5 Å². The van der Waals surface area contributed by atoms with Gasteiger partial charge in [-0.2, -0.15) is 5.10 Å². The number of anilines is 2. The van der Waals surface area contributed by atoms with Gasteiger partial charge in [0.2, 0.25) is 0 Å². The van der Waals surface area contributed by atoms with Gasteiger partial charge in [-0.05, 0) is 41.6 Å². The first kappa shape index (κ1) is 17.0. The maximum absolute atomic E-state index is 12.4. The van der Waals surface area contributed by atoms with Gasteiger partial charge in [0.25, 0.3) is 0 Å². The van der Waals surface area contributed by atoms with Crippen molar-refractivity contribution in [3.05, 3.63) is 67.8 Å². The Morgan fingerprint density at radius 1 is 1.26 bits per heavy atom. The van der Waals surface area contributed by atoms with E-state index in [4.69, 9.17) is 0 Å². The first-order chi connectivity index (χ1) is 13.1. The molecular formula is C19H18N6OS. The van der Waals surface area contributed by atoms with Crippen molar-refractivity contribution in [1.82, 2.24) is 19.7 Å². The Morgan fingerprint density at radius 3 is 2.78 bits per heavy atom. The van der Waals surface area contributed by atoms with Crippen LogP contribution in [0, 0.1) is 0 Å². The van der Waals surface area contributed by atoms with Crippen molar-refractivity contribution in [2.45, 2.75) is 4.90 Å². The Kier molecular flexibility index (Phi) is 4.47. The molecule has 0 bridgehead atoms. The van der Waals surface area contributed by atoms with Crippen LogP contribution >= 0.6 is 0 Å². The molecule has 4 aromatic rings. The summed E-state index contributed by atoms with van der Waals surface area (Å²) in [7, 11) is 0.437. The standard InChI is InChI=1S/C19H18N6OS/c1-3-20-18-10-17(16-8-9-21-19(16)23-18)13-4-6-14(7-5-13)24-27(26)15-11-22-25(2)12-15/h3-12,24H,1H2,2H3,(H2,20,21,23). The average molecular weight is 378 g/mol. The van der Waals surface area contributed by atoms with Crippen molar-refractivity contribution in [1.29, 1.82) is 0 Å². The molecule has 3 aromatic heterocycles. The molecule has 8 heteroatoms. The topological polar surface area (TPSA) is 87.6 Å². The number of aromatic nitrogens is 4. The molecule has 3 N–H and O–H groups in total. The van der Waals surface area contributed by atoms with Crippen LogP contribution in [0.3, 0.4) is 0 Å². The summed E-state index contributed by atoms with van der Waals surface area (Å²) in [5.74, 6) is 0.717. The van der Waals surface area contributed by atoms with Crippen LogP contribution in [-0.2, 0) is 18.0 Å². The minimum Gasteiger partial charge on any atom is -0.347 e. The van der Waals surface area contributed by atoms with Crippen molar-refractivity contribution in [3.8, 4) is 11.1 Å². The van der Waals surface area contributed by atoms with Gasteiger partial charge in [-0.3, -0.25) is 4.68 Å². The average Bonchev–Trinajstić information content (AvgIpc) is 3.31. The third-order valence-electron chi connectivity index (χ3n) is 4.08. The van der Waals surface area contributed by atoms with Crippen LogP contribution in [0.25, 0.3) is 22.2 Å². The van der Waals surface area contributed by atoms with Gasteiger partial charge in [-0.1, -0.05) is 18.7 Å². The Balaban J connectivity index is 1.62. The van der Waals surface area contributed by atoms with Gasteiger partial charge in [0.15, 0.2) is 11.0 Å². The molecule has 1 unspecified atom stereocenters. The van der Waals surface area contributed by atoms with Crippen LogP contribution in [0.1, 0.15) is 0 Å². The predicted molar refractivity (Wildman–Crippen MR) is 109 cm³/mol. The number of rotatable bonds is 6. The zero-order valence-electron chi connectivity index (χ0n) is 14.6. The number of H-pyrrole nitrogens is 1. The molecule has 27 heavy (non-hydrogen) atoms. The van der Waals surface area contributed by atoms with Crippen molar-refractivity contribution < 1.29 is 4.21 Å². The number of aryl methyl sites for hydroxylation is 1. The lowest BCUT2D eigenvalue weighted by molar-refractivity contribution is 0.686. The minimum absolute atomic E-state index is 0.630. The predicted octanol–water partition coefficient (Wildman–Crippen LogP) is 3.65. The van der Waals surface area contributed by atoms with E-state index in [9.17, 15) is 4.21 Å². The summed E-state index contributed by atoms with van der Waals surface area (Å²) in [5, 5.41) is 8.10. The highest BCUT2D eigenvalue weighted by molar-refractivity contribution is 7.86. The van der Waals surface area contributed by atoms with E-state index in [2.05, 4.69) is 31.7 Å². The fourth-order valence-electron chi connectivity index (χ4n) is 2.83. The number of aromatic amines is 1. The van der Waals surface area contributed by atoms with E-state index in [1.54, 1.807) is 30.3 Å². The second-order valence-electron chi connectivity index (χ2n) is 5.94. The molecule has 0 amide bonds. The number of hydrogen-bond acceptors (Lipinski definition) is 4. The summed E-state index contributed by atoms with van der Waals surface area (Å²) in [6, 6.07) is 11.8. The monoisotopic (exact) mass is 378 g/mol. The maximum atomic E-state index is 12.4. The first-order valence-electron chi connectivity index (χ1n) is 8.27. The molecule has 1 aromatic carbocycles. The summed E-state index contributed by atoms with van der Waals surface area (Å²) in [4.78, 5) is 8.28. The van der Waals surface area contributed by atoms with E-state index in [1.807, 2.05) is 42.6 Å². The molecule has 0 aliphatic carbocycles. The Labute approximate surface area is 158 Å². The van der Waals surface area contributed by atoms with Gasteiger partial charge < -0.3 is 15.0 Å². The van der Waals surface area contributed by atoms with E-state index in [-0.39, 0.29) is 0 Å². The quantitative estimate of drug-likeness (QED) is 0.478. The molecule has 0 spiro atoms. The molecule has 136 valence electrons. The molecule has 7 nitrogen and oxygen atoms in total. The van der Waals surface area contributed by atoms with Crippen LogP contribution < -0.4 is 10.0 Å². The number of nitrogens with one attached hydrogen (secondary N) is 3. The van der Waals surface area contributed by atoms with Gasteiger partial charge in [0.05, 0.1) is 11.1 Å². The summed E-state index contributed by atoms with van der Waals surface area (Å²) >= 11 is 0. The van der Waals surface area contributed by atoms with Crippen molar-refractivity contribution >= 4 is 33.5 Å². The van der Waals surface area contributed by atoms with Gasteiger partial charge in [-0.25, -0.2) is 9.19 Å². The van der Waals surface area contributed by atoms with Crippen molar-refractivity contribution in [2.75, 3.05) is 10.0 Å². The first-order valence-corrected chi connectivity index (χ1v) is 9.42. The van der Waals surface area contributed by atoms with Gasteiger partial charge in [-0.15, -0.1) is 0 Å². The van der Waals surface area contributed by atoms with E-state index < -0.39 is 11.0 Å². The normalized spacial score (nSPS) is 12.0. The van der Waals surface area contributed by atoms with E-state index >= 15 is 0 Å². The minimum atomic E-state index is -1.36. The molecule has 0 aliphatic heterocycles. The van der Waals surface area contributed by atoms with E-state index in [0.717, 1.165) is 33.7 Å². The highest BCUT2D eigenvalue weighted by atomic mass is 32.2. The third-order valence-corrected chi connectivity index (χ3v) is 5.14. The summed E-state index contributed by atoms with van der Waals surface area (Å²) in [6.07, 6.45) is 6.78. The number of pyridine rings is 1. The largest absolute Gasteiger partial charge is 0.347 e. The fraction of sp³-hybridized carbons (Fsp3) is 0.0526. The fourth-order valence-corrected chi connectivity index (χ4v) is 3.69. The second kappa shape index (κ2) is 7.08. The van der Waals surface area contributed by atoms with Crippen LogP contribution in [-0.4, -0.2) is 24.0 Å². The maximum Gasteiger partial charge on any atom is 0.153 e. The summed E-state index contributed by atoms with van der Waals surface area (Å²) < 4.78 is 17.0. The number of nitrogens with zero attached hydrogens (tertiary/aromatic N) is 3. The molecule has 0 saturated carbocycles. The summed E-state index contributed by atoms with van der Waals surface area (Å²) in [6.45, 7) is 3.69. The molecule has 0 aliphatic rings. The molecular weight excluding hydrogens is 360 g/mol. The lowest BCUT2D eigenvalue weighted by atomic mass is 10.0. The number of hydrogen-bond donors (Lipinski definition) is 3. The Hall–Kier alpha value is -3.39. The molecule has 3 heterocycles. The molecule has 1 atom stereocenters. The van der Waals surface area contributed by atoms with Gasteiger partial charge >= 0.3 is 0 Å². The van der Waals surface area contributed by atoms with Gasteiger partial charge in [0.1, 0.15) is 11.5 Å². The van der Waals surface area contributed by atoms with E-state index in [0.29, 0.717) is 4.90 Å². The lowest BCUT2D eigenvalue weighted by Crippen LogP contribution is -2.03. The molecule has 0 fully saturated rings. The molecule has 0 saturated heterocycles. The van der Waals surface area contributed by atoms with Crippen LogP contribution in [0.15, 0.2) is 72.7 Å². The molecule has 4 rings (SSSR count). The van der Waals surface area contributed by atoms with Crippen LogP contribution in [0.5, 0.6) is 0 Å². The van der Waals surface area contributed by atoms with Gasteiger partial charge in [0, 0.05) is 30.5 Å². The number of benzene rings is 1. The van der Waals surface area contributed by atoms with E-state index in [1.165, 1.54) is 0 Å². The third kappa shape index (κ3) is 3.47. The zero-order valence-corrected chi connectivity index (χ0v) is 15.5. The van der Waals surface area contributed by atoms with Crippen molar-refractivity contribution in [2.24, 2.45) is 7.05 Å². The smallest absolute Gasteiger partial charge is 0.153 e. The second-order valence-corrected chi connectivity index (χ2v) is 7.15. The lowest BCUT2D eigenvalue weighted by Gasteiger charge is -2.09. The molecule has 0 radical (unpaired) electrons. The number of fused-ring (bicyclic) bond motifs is 1. The SMILES string of the molecule is C=CNc1cc(-c2ccc(NS(=O)c3cnn(C)c3)cc2)c2cc[nH]c2n1.